The first-order valence-corrected chi connectivity index (χ1v) is 10.7. The Bertz CT molecular complexity index is 902. The summed E-state index contributed by atoms with van der Waals surface area (Å²) in [6, 6.07) is 12.0. The Hall–Kier alpha value is -2.93. The fourth-order valence-electron chi connectivity index (χ4n) is 3.87. The van der Waals surface area contributed by atoms with Crippen molar-refractivity contribution in [2.45, 2.75) is 26.2 Å². The number of hydrazone groups is 1. The van der Waals surface area contributed by atoms with Crippen molar-refractivity contribution in [1.29, 1.82) is 0 Å². The first-order chi connectivity index (χ1) is 14.7. The summed E-state index contributed by atoms with van der Waals surface area (Å²) >= 11 is 0. The molecule has 2 saturated heterocycles. The number of likely N-dealkylation sites (tertiary alicyclic amines) is 1. The third-order valence-electron chi connectivity index (χ3n) is 5.48. The molecule has 7 heteroatoms. The van der Waals surface area contributed by atoms with Gasteiger partial charge in [-0.25, -0.2) is 4.98 Å². The normalized spacial score (nSPS) is 17.4. The Morgan fingerprint density at radius 2 is 1.90 bits per heavy atom. The number of aromatic nitrogens is 1. The van der Waals surface area contributed by atoms with Crippen molar-refractivity contribution in [3.05, 3.63) is 53.2 Å². The van der Waals surface area contributed by atoms with Crippen LogP contribution < -0.4 is 10.3 Å². The van der Waals surface area contributed by atoms with Crippen LogP contribution >= 0.6 is 0 Å². The molecule has 2 aliphatic rings. The second kappa shape index (κ2) is 9.71. The largest absolute Gasteiger partial charge is 0.378 e. The first kappa shape index (κ1) is 20.3. The summed E-state index contributed by atoms with van der Waals surface area (Å²) in [4.78, 5) is 21.8. The van der Waals surface area contributed by atoms with Gasteiger partial charge in [0.2, 0.25) is 0 Å². The summed E-state index contributed by atoms with van der Waals surface area (Å²) in [7, 11) is 0. The van der Waals surface area contributed by atoms with Gasteiger partial charge in [-0.1, -0.05) is 29.8 Å². The Morgan fingerprint density at radius 3 is 2.67 bits per heavy atom. The number of morpholine rings is 1. The van der Waals surface area contributed by atoms with E-state index in [0.717, 1.165) is 50.3 Å². The molecule has 30 heavy (non-hydrogen) atoms. The Morgan fingerprint density at radius 1 is 1.10 bits per heavy atom. The molecule has 1 amide bonds. The predicted molar refractivity (Wildman–Crippen MR) is 119 cm³/mol. The predicted octanol–water partition coefficient (Wildman–Crippen LogP) is 3.30. The van der Waals surface area contributed by atoms with E-state index in [-0.39, 0.29) is 5.91 Å². The molecule has 0 spiro atoms. The minimum absolute atomic E-state index is 0.00415. The molecule has 1 aromatic carbocycles. The second-order valence-electron chi connectivity index (χ2n) is 7.83. The maximum atomic E-state index is 13.1. The van der Waals surface area contributed by atoms with Gasteiger partial charge in [0.25, 0.3) is 5.91 Å². The third-order valence-corrected chi connectivity index (χ3v) is 5.48. The third kappa shape index (κ3) is 5.16. The molecular weight excluding hydrogens is 378 g/mol. The van der Waals surface area contributed by atoms with Gasteiger partial charge in [-0.2, -0.15) is 5.10 Å². The van der Waals surface area contributed by atoms with E-state index in [4.69, 9.17) is 4.74 Å². The van der Waals surface area contributed by atoms with Gasteiger partial charge in [-0.15, -0.1) is 0 Å². The lowest BCUT2D eigenvalue weighted by atomic mass is 10.1. The van der Waals surface area contributed by atoms with E-state index in [1.165, 1.54) is 12.0 Å². The van der Waals surface area contributed by atoms with Crippen LogP contribution in [0.25, 0.3) is 0 Å². The minimum atomic E-state index is -0.00415. The van der Waals surface area contributed by atoms with Crippen molar-refractivity contribution in [2.75, 3.05) is 49.7 Å². The molecule has 2 aromatic rings. The molecule has 1 N–H and O–H groups in total. The maximum Gasteiger partial charge on any atom is 0.272 e. The fraction of sp³-hybridized carbons (Fsp3) is 0.435. The number of hydrogen-bond acceptors (Lipinski definition) is 6. The molecule has 3 heterocycles. The zero-order valence-corrected chi connectivity index (χ0v) is 17.5. The van der Waals surface area contributed by atoms with E-state index in [9.17, 15) is 4.79 Å². The molecule has 0 atom stereocenters. The van der Waals surface area contributed by atoms with Gasteiger partial charge < -0.3 is 14.5 Å². The molecule has 2 aliphatic heterocycles. The van der Waals surface area contributed by atoms with Crippen LogP contribution in [0.1, 0.15) is 40.9 Å². The van der Waals surface area contributed by atoms with E-state index >= 15 is 0 Å². The van der Waals surface area contributed by atoms with Crippen LogP contribution in [-0.2, 0) is 4.74 Å². The molecule has 1 aromatic heterocycles. The zero-order valence-electron chi connectivity index (χ0n) is 17.5. The van der Waals surface area contributed by atoms with Crippen LogP contribution in [0, 0.1) is 6.92 Å². The summed E-state index contributed by atoms with van der Waals surface area (Å²) in [5.41, 5.74) is 6.65. The number of ether oxygens (including phenoxy) is 1. The van der Waals surface area contributed by atoms with E-state index in [1.807, 2.05) is 29.2 Å². The fourth-order valence-corrected chi connectivity index (χ4v) is 3.87. The SMILES string of the molecule is Cc1cccc(/C=N/Nc2cc(N3CCOCC3)cc(C(=O)N3CCCCC3)n2)c1. The van der Waals surface area contributed by atoms with Crippen molar-refractivity contribution >= 4 is 23.6 Å². The van der Waals surface area contributed by atoms with E-state index in [1.54, 1.807) is 6.21 Å². The lowest BCUT2D eigenvalue weighted by Crippen LogP contribution is -2.38. The molecule has 158 valence electrons. The number of rotatable bonds is 5. The summed E-state index contributed by atoms with van der Waals surface area (Å²) < 4.78 is 5.48. The molecule has 2 fully saturated rings. The van der Waals surface area contributed by atoms with Crippen molar-refractivity contribution in [3.8, 4) is 0 Å². The molecule has 7 nitrogen and oxygen atoms in total. The standard InChI is InChI=1S/C23H29N5O2/c1-18-6-5-7-19(14-18)17-24-26-22-16-20(27-10-12-30-13-11-27)15-21(25-22)23(29)28-8-3-2-4-9-28/h5-7,14-17H,2-4,8-13H2,1H3,(H,25,26)/b24-17+. The van der Waals surface area contributed by atoms with Gasteiger partial charge in [0.1, 0.15) is 11.5 Å². The average molecular weight is 408 g/mol. The van der Waals surface area contributed by atoms with Gasteiger partial charge in [0.15, 0.2) is 0 Å². The highest BCUT2D eigenvalue weighted by molar-refractivity contribution is 5.94. The number of pyridine rings is 1. The van der Waals surface area contributed by atoms with E-state index in [0.29, 0.717) is 24.7 Å². The molecule has 0 aliphatic carbocycles. The minimum Gasteiger partial charge on any atom is -0.378 e. The number of anilines is 2. The number of benzene rings is 1. The number of carbonyl (C=O) groups excluding carboxylic acids is 1. The van der Waals surface area contributed by atoms with Crippen molar-refractivity contribution < 1.29 is 9.53 Å². The van der Waals surface area contributed by atoms with Gasteiger partial charge in [-0.3, -0.25) is 10.2 Å². The van der Waals surface area contributed by atoms with Gasteiger partial charge in [-0.05, 0) is 37.8 Å². The summed E-state index contributed by atoms with van der Waals surface area (Å²) in [6.07, 6.45) is 5.06. The van der Waals surface area contributed by atoms with Crippen LogP contribution in [0.5, 0.6) is 0 Å². The highest BCUT2D eigenvalue weighted by atomic mass is 16.5. The van der Waals surface area contributed by atoms with Gasteiger partial charge in [0.05, 0.1) is 19.4 Å². The highest BCUT2D eigenvalue weighted by Gasteiger charge is 2.22. The lowest BCUT2D eigenvalue weighted by molar-refractivity contribution is 0.0718. The van der Waals surface area contributed by atoms with Crippen LogP contribution in [0.2, 0.25) is 0 Å². The summed E-state index contributed by atoms with van der Waals surface area (Å²) in [5, 5.41) is 4.35. The Balaban J connectivity index is 1.57. The lowest BCUT2D eigenvalue weighted by Gasteiger charge is -2.30. The summed E-state index contributed by atoms with van der Waals surface area (Å²) in [5.74, 6) is 0.568. The zero-order chi connectivity index (χ0) is 20.8. The molecule has 0 bridgehead atoms. The first-order valence-electron chi connectivity index (χ1n) is 10.7. The second-order valence-corrected chi connectivity index (χ2v) is 7.83. The average Bonchev–Trinajstić information content (AvgIpc) is 2.80. The van der Waals surface area contributed by atoms with Crippen LogP contribution in [0.3, 0.4) is 0 Å². The Labute approximate surface area is 177 Å². The van der Waals surface area contributed by atoms with Crippen molar-refractivity contribution in [1.82, 2.24) is 9.88 Å². The monoisotopic (exact) mass is 407 g/mol. The topological polar surface area (TPSA) is 70.1 Å². The number of nitrogens with zero attached hydrogens (tertiary/aromatic N) is 4. The van der Waals surface area contributed by atoms with Gasteiger partial charge >= 0.3 is 0 Å². The van der Waals surface area contributed by atoms with Crippen molar-refractivity contribution in [3.63, 3.8) is 0 Å². The Kier molecular flexibility index (Phi) is 6.59. The van der Waals surface area contributed by atoms with Crippen LogP contribution in [0.15, 0.2) is 41.5 Å². The van der Waals surface area contributed by atoms with E-state index < -0.39 is 0 Å². The van der Waals surface area contributed by atoms with Gasteiger partial charge in [0, 0.05) is 37.9 Å². The quantitative estimate of drug-likeness (QED) is 0.608. The number of carbonyl (C=O) groups is 1. The number of nitrogens with one attached hydrogen (secondary N) is 1. The molecule has 4 rings (SSSR count). The number of amides is 1. The smallest absolute Gasteiger partial charge is 0.272 e. The number of hydrogen-bond donors (Lipinski definition) is 1. The number of aryl methyl sites for hydroxylation is 1. The molecule has 0 radical (unpaired) electrons. The molecule has 0 unspecified atom stereocenters. The maximum absolute atomic E-state index is 13.1. The molecular formula is C23H29N5O2. The van der Waals surface area contributed by atoms with Crippen molar-refractivity contribution in [2.24, 2.45) is 5.10 Å². The molecule has 0 saturated carbocycles. The van der Waals surface area contributed by atoms with E-state index in [2.05, 4.69) is 39.5 Å². The van der Waals surface area contributed by atoms with Crippen LogP contribution in [0.4, 0.5) is 11.5 Å². The number of piperidine rings is 1. The summed E-state index contributed by atoms with van der Waals surface area (Å²) in [6.45, 7) is 6.63. The van der Waals surface area contributed by atoms with Crippen LogP contribution in [-0.4, -0.2) is 61.4 Å². The highest BCUT2D eigenvalue weighted by Crippen LogP contribution is 2.23.